The van der Waals surface area contributed by atoms with E-state index in [1.165, 1.54) is 0 Å². The second-order valence-corrected chi connectivity index (χ2v) is 8.89. The minimum atomic E-state index is -0.388. The van der Waals surface area contributed by atoms with E-state index in [0.717, 1.165) is 15.0 Å². The number of anilines is 1. The van der Waals surface area contributed by atoms with Crippen molar-refractivity contribution in [3.8, 4) is 5.69 Å². The van der Waals surface area contributed by atoms with E-state index in [4.69, 9.17) is 11.6 Å². The summed E-state index contributed by atoms with van der Waals surface area (Å²) in [7, 11) is 0. The van der Waals surface area contributed by atoms with Crippen molar-refractivity contribution in [1.29, 1.82) is 0 Å². The van der Waals surface area contributed by atoms with Crippen LogP contribution in [-0.2, 0) is 6.54 Å². The third-order valence-corrected chi connectivity index (χ3v) is 6.07. The summed E-state index contributed by atoms with van der Waals surface area (Å²) in [5, 5.41) is 12.2. The fraction of sp³-hybridized carbons (Fsp3) is 0.0455. The molecular weight excluding hydrogens is 500 g/mol. The number of amides is 2. The highest BCUT2D eigenvalue weighted by Gasteiger charge is 2.15. The van der Waals surface area contributed by atoms with Gasteiger partial charge in [0, 0.05) is 21.2 Å². The van der Waals surface area contributed by atoms with Gasteiger partial charge in [-0.2, -0.15) is 5.10 Å². The third-order valence-electron chi connectivity index (χ3n) is 4.37. The minimum Gasteiger partial charge on any atom is -0.347 e. The maximum absolute atomic E-state index is 12.6. The molecule has 0 saturated heterocycles. The third kappa shape index (κ3) is 5.22. The van der Waals surface area contributed by atoms with Crippen molar-refractivity contribution in [3.63, 3.8) is 0 Å². The van der Waals surface area contributed by atoms with Gasteiger partial charge in [-0.15, -0.1) is 11.3 Å². The Morgan fingerprint density at radius 3 is 2.71 bits per heavy atom. The Balaban J connectivity index is 1.46. The fourth-order valence-corrected chi connectivity index (χ4v) is 4.09. The first-order valence-corrected chi connectivity index (χ1v) is 11.3. The number of carbonyl (C=O) groups is 2. The molecule has 0 atom stereocenters. The first-order valence-electron chi connectivity index (χ1n) is 9.23. The fourth-order valence-electron chi connectivity index (χ4n) is 2.86. The zero-order valence-electron chi connectivity index (χ0n) is 16.0. The number of aromatic nitrogens is 2. The lowest BCUT2D eigenvalue weighted by molar-refractivity contribution is 0.0950. The summed E-state index contributed by atoms with van der Waals surface area (Å²) in [5.41, 5.74) is 1.81. The molecular formula is C22H16BrClN4O2S. The van der Waals surface area contributed by atoms with E-state index >= 15 is 0 Å². The highest BCUT2D eigenvalue weighted by atomic mass is 79.9. The molecule has 0 spiro atoms. The molecule has 0 bridgehead atoms. The Labute approximate surface area is 196 Å². The quantitative estimate of drug-likeness (QED) is 0.354. The number of nitrogens with zero attached hydrogens (tertiary/aromatic N) is 2. The van der Waals surface area contributed by atoms with Crippen LogP contribution in [0.2, 0.25) is 5.02 Å². The smallest absolute Gasteiger partial charge is 0.276 e. The van der Waals surface area contributed by atoms with Gasteiger partial charge in [0.05, 0.1) is 22.8 Å². The Kier molecular flexibility index (Phi) is 6.50. The van der Waals surface area contributed by atoms with Crippen LogP contribution in [0, 0.1) is 0 Å². The van der Waals surface area contributed by atoms with Gasteiger partial charge in [-0.05, 0) is 53.9 Å². The number of hydrogen-bond donors (Lipinski definition) is 2. The molecule has 2 aromatic heterocycles. The lowest BCUT2D eigenvalue weighted by Gasteiger charge is -2.09. The Bertz CT molecular complexity index is 1240. The normalized spacial score (nSPS) is 10.6. The molecule has 0 saturated carbocycles. The van der Waals surface area contributed by atoms with E-state index in [1.807, 2.05) is 41.8 Å². The molecule has 6 nitrogen and oxygen atoms in total. The first-order chi connectivity index (χ1) is 15.0. The van der Waals surface area contributed by atoms with Crippen LogP contribution in [0.5, 0.6) is 0 Å². The molecule has 4 aromatic rings. The van der Waals surface area contributed by atoms with Crippen molar-refractivity contribution >= 4 is 56.4 Å². The molecule has 31 heavy (non-hydrogen) atoms. The maximum atomic E-state index is 12.6. The van der Waals surface area contributed by atoms with Gasteiger partial charge in [0.25, 0.3) is 11.8 Å². The van der Waals surface area contributed by atoms with Gasteiger partial charge in [-0.3, -0.25) is 9.59 Å². The van der Waals surface area contributed by atoms with Gasteiger partial charge in [0.15, 0.2) is 5.69 Å². The SMILES string of the molecule is O=C(Nc1ccc(Cl)c(C(=O)NCc2cccs2)c1)c1ccn(-c2cccc(Br)c2)n1. The molecule has 0 fully saturated rings. The Morgan fingerprint density at radius 1 is 1.06 bits per heavy atom. The van der Waals surface area contributed by atoms with E-state index < -0.39 is 0 Å². The topological polar surface area (TPSA) is 76.0 Å². The molecule has 2 heterocycles. The zero-order valence-corrected chi connectivity index (χ0v) is 19.2. The summed E-state index contributed by atoms with van der Waals surface area (Å²) in [5.74, 6) is -0.700. The average molecular weight is 516 g/mol. The van der Waals surface area contributed by atoms with Gasteiger partial charge >= 0.3 is 0 Å². The first kappa shape index (κ1) is 21.3. The van der Waals surface area contributed by atoms with E-state index in [2.05, 4.69) is 31.7 Å². The van der Waals surface area contributed by atoms with Crippen LogP contribution in [0.25, 0.3) is 5.69 Å². The molecule has 156 valence electrons. The number of carbonyl (C=O) groups excluding carboxylic acids is 2. The standard InChI is InChI=1S/C22H16BrClN4O2S/c23-14-3-1-4-16(11-14)28-9-8-20(27-28)22(30)26-15-6-7-19(24)18(12-15)21(29)25-13-17-5-2-10-31-17/h1-12H,13H2,(H,25,29)(H,26,30). The van der Waals surface area contributed by atoms with Gasteiger partial charge < -0.3 is 10.6 Å². The number of nitrogens with one attached hydrogen (secondary N) is 2. The minimum absolute atomic E-state index is 0.249. The lowest BCUT2D eigenvalue weighted by atomic mass is 10.1. The number of thiophene rings is 1. The lowest BCUT2D eigenvalue weighted by Crippen LogP contribution is -2.23. The molecule has 2 N–H and O–H groups in total. The maximum Gasteiger partial charge on any atom is 0.276 e. The molecule has 0 radical (unpaired) electrons. The van der Waals surface area contributed by atoms with Crippen LogP contribution in [-0.4, -0.2) is 21.6 Å². The number of halogens is 2. The van der Waals surface area contributed by atoms with Crippen molar-refractivity contribution < 1.29 is 9.59 Å². The summed E-state index contributed by atoms with van der Waals surface area (Å²) in [4.78, 5) is 26.2. The predicted octanol–water partition coefficient (Wildman–Crippen LogP) is 5.53. The highest BCUT2D eigenvalue weighted by Crippen LogP contribution is 2.22. The van der Waals surface area contributed by atoms with Crippen molar-refractivity contribution in [1.82, 2.24) is 15.1 Å². The van der Waals surface area contributed by atoms with Crippen LogP contribution in [0.15, 0.2) is 76.7 Å². The predicted molar refractivity (Wildman–Crippen MR) is 126 cm³/mol. The van der Waals surface area contributed by atoms with E-state index in [1.54, 1.807) is 46.5 Å². The summed E-state index contributed by atoms with van der Waals surface area (Å²) in [6.07, 6.45) is 1.71. The van der Waals surface area contributed by atoms with Crippen molar-refractivity contribution in [2.75, 3.05) is 5.32 Å². The van der Waals surface area contributed by atoms with Crippen LogP contribution in [0.4, 0.5) is 5.69 Å². The van der Waals surface area contributed by atoms with Gasteiger partial charge in [0.2, 0.25) is 0 Å². The second kappa shape index (κ2) is 9.47. The molecule has 0 aliphatic rings. The molecule has 9 heteroatoms. The summed E-state index contributed by atoms with van der Waals surface area (Å²) < 4.78 is 2.53. The van der Waals surface area contributed by atoms with Crippen molar-refractivity contribution in [2.45, 2.75) is 6.54 Å². The van der Waals surface area contributed by atoms with Crippen molar-refractivity contribution in [2.24, 2.45) is 0 Å². The summed E-state index contributed by atoms with van der Waals surface area (Å²) in [6, 6.07) is 17.8. The van der Waals surface area contributed by atoms with E-state index in [0.29, 0.717) is 17.3 Å². The van der Waals surface area contributed by atoms with Crippen LogP contribution < -0.4 is 10.6 Å². The zero-order chi connectivity index (χ0) is 21.8. The second-order valence-electron chi connectivity index (χ2n) is 6.54. The molecule has 0 unspecified atom stereocenters. The van der Waals surface area contributed by atoms with Crippen LogP contribution >= 0.6 is 38.9 Å². The Hall–Kier alpha value is -2.94. The van der Waals surface area contributed by atoms with Gasteiger partial charge in [-0.1, -0.05) is 39.7 Å². The largest absolute Gasteiger partial charge is 0.347 e. The van der Waals surface area contributed by atoms with Gasteiger partial charge in [0.1, 0.15) is 0 Å². The van der Waals surface area contributed by atoms with Crippen LogP contribution in [0.1, 0.15) is 25.7 Å². The summed E-state index contributed by atoms with van der Waals surface area (Å²) in [6.45, 7) is 0.413. The average Bonchev–Trinajstić information content (AvgIpc) is 3.46. The summed E-state index contributed by atoms with van der Waals surface area (Å²) >= 11 is 11.2. The highest BCUT2D eigenvalue weighted by molar-refractivity contribution is 9.10. The number of rotatable bonds is 6. The molecule has 4 rings (SSSR count). The molecule has 2 amide bonds. The monoisotopic (exact) mass is 514 g/mol. The van der Waals surface area contributed by atoms with Gasteiger partial charge in [-0.25, -0.2) is 4.68 Å². The number of benzene rings is 2. The molecule has 2 aromatic carbocycles. The van der Waals surface area contributed by atoms with Crippen LogP contribution in [0.3, 0.4) is 0 Å². The molecule has 0 aliphatic heterocycles. The van der Waals surface area contributed by atoms with E-state index in [-0.39, 0.29) is 23.1 Å². The van der Waals surface area contributed by atoms with Crippen molar-refractivity contribution in [3.05, 3.63) is 97.9 Å². The number of hydrogen-bond acceptors (Lipinski definition) is 4. The van der Waals surface area contributed by atoms with E-state index in [9.17, 15) is 9.59 Å². The molecule has 0 aliphatic carbocycles. The Morgan fingerprint density at radius 2 is 1.94 bits per heavy atom.